The third-order valence-corrected chi connectivity index (χ3v) is 2.17. The zero-order valence-corrected chi connectivity index (χ0v) is 8.50. The molecule has 0 aliphatic heterocycles. The van der Waals surface area contributed by atoms with Crippen molar-refractivity contribution in [1.29, 1.82) is 0 Å². The maximum absolute atomic E-state index is 10.2. The molecule has 0 aliphatic rings. The van der Waals surface area contributed by atoms with Gasteiger partial charge in [-0.2, -0.15) is 0 Å². The zero-order chi connectivity index (χ0) is 10.6. The molecule has 0 radical (unpaired) electrons. The lowest BCUT2D eigenvalue weighted by Crippen LogP contribution is -2.23. The number of rotatable bonds is 3. The molecule has 0 aromatic heterocycles. The minimum atomic E-state index is -0.963. The lowest BCUT2D eigenvalue weighted by Gasteiger charge is -2.06. The van der Waals surface area contributed by atoms with Crippen molar-refractivity contribution in [1.82, 2.24) is 5.32 Å². The molecule has 76 valence electrons. The van der Waals surface area contributed by atoms with Gasteiger partial charge in [0.2, 0.25) is 0 Å². The van der Waals surface area contributed by atoms with E-state index in [0.717, 1.165) is 6.42 Å². The van der Waals surface area contributed by atoms with Crippen LogP contribution in [0.25, 0.3) is 0 Å². The van der Waals surface area contributed by atoms with Crippen LogP contribution in [-0.2, 0) is 6.42 Å². The van der Waals surface area contributed by atoms with Crippen molar-refractivity contribution in [2.45, 2.75) is 20.3 Å². The average molecular weight is 193 g/mol. The Balaban J connectivity index is 2.55. The highest BCUT2D eigenvalue weighted by Crippen LogP contribution is 2.10. The molecule has 0 heterocycles. The third-order valence-electron chi connectivity index (χ3n) is 2.17. The first kappa shape index (κ1) is 10.6. The Morgan fingerprint density at radius 2 is 2.14 bits per heavy atom. The van der Waals surface area contributed by atoms with Crippen LogP contribution < -0.4 is 5.32 Å². The van der Waals surface area contributed by atoms with Crippen molar-refractivity contribution in [2.24, 2.45) is 0 Å². The number of carboxylic acid groups (broad SMARTS) is 1. The summed E-state index contributed by atoms with van der Waals surface area (Å²) >= 11 is 0. The van der Waals surface area contributed by atoms with Crippen LogP contribution in [-0.4, -0.2) is 17.7 Å². The molecular weight excluding hydrogens is 178 g/mol. The number of benzene rings is 1. The predicted molar refractivity (Wildman–Crippen MR) is 55.6 cm³/mol. The Labute approximate surface area is 83.8 Å². The Hall–Kier alpha value is -1.51. The summed E-state index contributed by atoms with van der Waals surface area (Å²) in [4.78, 5) is 10.2. The molecule has 0 aliphatic carbocycles. The molecule has 1 aromatic rings. The summed E-state index contributed by atoms with van der Waals surface area (Å²) in [6.07, 6.45) is -0.215. The van der Waals surface area contributed by atoms with Crippen LogP contribution in [0.4, 0.5) is 4.79 Å². The highest BCUT2D eigenvalue weighted by molar-refractivity contribution is 5.64. The molecule has 0 saturated heterocycles. The fraction of sp³-hybridized carbons (Fsp3) is 0.364. The standard InChI is InChI=1S/C11H15NO2/c1-8-3-4-10(9(2)7-8)5-6-12-11(13)14/h3-4,7,12H,5-6H2,1-2H3,(H,13,14). The van der Waals surface area contributed by atoms with Crippen LogP contribution in [0.5, 0.6) is 0 Å². The van der Waals surface area contributed by atoms with E-state index in [-0.39, 0.29) is 0 Å². The first-order valence-electron chi connectivity index (χ1n) is 4.62. The van der Waals surface area contributed by atoms with Crippen molar-refractivity contribution in [2.75, 3.05) is 6.54 Å². The van der Waals surface area contributed by atoms with Crippen LogP contribution in [0.3, 0.4) is 0 Å². The molecule has 2 N–H and O–H groups in total. The van der Waals surface area contributed by atoms with Gasteiger partial charge in [0.05, 0.1) is 0 Å². The predicted octanol–water partition coefficient (Wildman–Crippen LogP) is 2.11. The highest BCUT2D eigenvalue weighted by Gasteiger charge is 1.99. The molecule has 0 spiro atoms. The maximum Gasteiger partial charge on any atom is 0.404 e. The summed E-state index contributed by atoms with van der Waals surface area (Å²) in [6, 6.07) is 6.20. The van der Waals surface area contributed by atoms with Gasteiger partial charge >= 0.3 is 6.09 Å². The SMILES string of the molecule is Cc1ccc(CCNC(=O)O)c(C)c1. The normalized spacial score (nSPS) is 9.86. The van der Waals surface area contributed by atoms with Gasteiger partial charge in [0, 0.05) is 6.54 Å². The Kier molecular flexibility index (Phi) is 3.51. The second-order valence-corrected chi connectivity index (χ2v) is 3.41. The molecule has 0 fully saturated rings. The van der Waals surface area contributed by atoms with Crippen LogP contribution >= 0.6 is 0 Å². The van der Waals surface area contributed by atoms with Crippen molar-refractivity contribution in [3.63, 3.8) is 0 Å². The molecule has 14 heavy (non-hydrogen) atoms. The van der Waals surface area contributed by atoms with Crippen LogP contribution in [0.1, 0.15) is 16.7 Å². The monoisotopic (exact) mass is 193 g/mol. The number of nitrogens with one attached hydrogen (secondary N) is 1. The summed E-state index contributed by atoms with van der Waals surface area (Å²) in [7, 11) is 0. The van der Waals surface area contributed by atoms with E-state index in [1.807, 2.05) is 26.0 Å². The first-order valence-corrected chi connectivity index (χ1v) is 4.62. The molecule has 1 amide bonds. The van der Waals surface area contributed by atoms with Crippen LogP contribution in [0.2, 0.25) is 0 Å². The smallest absolute Gasteiger partial charge is 0.404 e. The molecule has 0 bridgehead atoms. The summed E-state index contributed by atoms with van der Waals surface area (Å²) in [5.74, 6) is 0. The Bertz CT molecular complexity index is 334. The van der Waals surface area contributed by atoms with Crippen molar-refractivity contribution in [3.8, 4) is 0 Å². The molecule has 1 aromatic carbocycles. The largest absolute Gasteiger partial charge is 0.465 e. The fourth-order valence-electron chi connectivity index (χ4n) is 1.43. The minimum Gasteiger partial charge on any atom is -0.465 e. The molecule has 1 rings (SSSR count). The summed E-state index contributed by atoms with van der Waals surface area (Å²) < 4.78 is 0. The van der Waals surface area contributed by atoms with Gasteiger partial charge in [0.25, 0.3) is 0 Å². The van der Waals surface area contributed by atoms with E-state index in [0.29, 0.717) is 6.54 Å². The maximum atomic E-state index is 10.2. The van der Waals surface area contributed by atoms with Crippen molar-refractivity contribution >= 4 is 6.09 Å². The Morgan fingerprint density at radius 3 is 2.71 bits per heavy atom. The van der Waals surface area contributed by atoms with Crippen molar-refractivity contribution < 1.29 is 9.90 Å². The lowest BCUT2D eigenvalue weighted by atomic mass is 10.0. The number of amides is 1. The quantitative estimate of drug-likeness (QED) is 0.772. The first-order chi connectivity index (χ1) is 6.59. The average Bonchev–Trinajstić information content (AvgIpc) is 2.08. The minimum absolute atomic E-state index is 0.471. The Morgan fingerprint density at radius 1 is 1.43 bits per heavy atom. The van der Waals surface area contributed by atoms with Gasteiger partial charge in [-0.15, -0.1) is 0 Å². The summed E-state index contributed by atoms with van der Waals surface area (Å²) in [5, 5.41) is 10.7. The van der Waals surface area contributed by atoms with E-state index < -0.39 is 6.09 Å². The van der Waals surface area contributed by atoms with Crippen LogP contribution in [0, 0.1) is 13.8 Å². The number of hydrogen-bond donors (Lipinski definition) is 2. The molecule has 0 unspecified atom stereocenters. The topological polar surface area (TPSA) is 49.3 Å². The molecule has 3 heteroatoms. The molecule has 0 saturated carbocycles. The molecule has 0 atom stereocenters. The number of hydrogen-bond acceptors (Lipinski definition) is 1. The van der Waals surface area contributed by atoms with E-state index in [2.05, 4.69) is 11.4 Å². The zero-order valence-electron chi connectivity index (χ0n) is 8.50. The second kappa shape index (κ2) is 4.65. The molecular formula is C11H15NO2. The van der Waals surface area contributed by atoms with Gasteiger partial charge in [-0.05, 0) is 31.4 Å². The van der Waals surface area contributed by atoms with Gasteiger partial charge in [0.1, 0.15) is 0 Å². The van der Waals surface area contributed by atoms with Gasteiger partial charge < -0.3 is 10.4 Å². The third kappa shape index (κ3) is 3.09. The molecule has 3 nitrogen and oxygen atoms in total. The van der Waals surface area contributed by atoms with Gasteiger partial charge in [-0.25, -0.2) is 4.79 Å². The van der Waals surface area contributed by atoms with E-state index in [9.17, 15) is 4.79 Å². The lowest BCUT2D eigenvalue weighted by molar-refractivity contribution is 0.194. The fourth-order valence-corrected chi connectivity index (χ4v) is 1.43. The number of aryl methyl sites for hydroxylation is 2. The van der Waals surface area contributed by atoms with E-state index in [4.69, 9.17) is 5.11 Å². The second-order valence-electron chi connectivity index (χ2n) is 3.41. The van der Waals surface area contributed by atoms with E-state index in [1.165, 1.54) is 16.7 Å². The van der Waals surface area contributed by atoms with Gasteiger partial charge in [0.15, 0.2) is 0 Å². The van der Waals surface area contributed by atoms with E-state index >= 15 is 0 Å². The van der Waals surface area contributed by atoms with Gasteiger partial charge in [-0.1, -0.05) is 23.8 Å². The summed E-state index contributed by atoms with van der Waals surface area (Å²) in [5.41, 5.74) is 3.65. The van der Waals surface area contributed by atoms with Crippen molar-refractivity contribution in [3.05, 3.63) is 34.9 Å². The van der Waals surface area contributed by atoms with Gasteiger partial charge in [-0.3, -0.25) is 0 Å². The van der Waals surface area contributed by atoms with E-state index in [1.54, 1.807) is 0 Å². The summed E-state index contributed by atoms with van der Waals surface area (Å²) in [6.45, 7) is 4.56. The van der Waals surface area contributed by atoms with Crippen LogP contribution in [0.15, 0.2) is 18.2 Å². The highest BCUT2D eigenvalue weighted by atomic mass is 16.4. The number of carbonyl (C=O) groups is 1.